The number of hydrogen-bond donors (Lipinski definition) is 2. The number of aromatic amines is 1. The largest absolute Gasteiger partial charge is 0.477 e. The number of aromatic carboxylic acids is 1. The summed E-state index contributed by atoms with van der Waals surface area (Å²) in [5.41, 5.74) is 2.36. The first-order chi connectivity index (χ1) is 7.15. The fourth-order valence-corrected chi connectivity index (χ4v) is 2.72. The number of hydrogen-bond acceptors (Lipinski definition) is 1. The van der Waals surface area contributed by atoms with Crippen molar-refractivity contribution in [3.63, 3.8) is 0 Å². The molecule has 2 rings (SSSR count). The van der Waals surface area contributed by atoms with Crippen molar-refractivity contribution in [1.82, 2.24) is 4.98 Å². The Morgan fingerprint density at radius 2 is 2.27 bits per heavy atom. The highest BCUT2D eigenvalue weighted by atomic mass is 127. The first-order valence-corrected chi connectivity index (χ1v) is 5.75. The van der Waals surface area contributed by atoms with Crippen LogP contribution in [-0.2, 0) is 6.42 Å². The van der Waals surface area contributed by atoms with E-state index in [-0.39, 0.29) is 5.69 Å². The lowest BCUT2D eigenvalue weighted by molar-refractivity contribution is 0.0690. The van der Waals surface area contributed by atoms with Crippen LogP contribution in [0.5, 0.6) is 0 Å². The average Bonchev–Trinajstić information content (AvgIpc) is 2.56. The number of aromatic nitrogens is 1. The molecule has 2 aromatic rings. The van der Waals surface area contributed by atoms with Gasteiger partial charge in [0.15, 0.2) is 0 Å². The highest BCUT2D eigenvalue weighted by Crippen LogP contribution is 2.27. The number of fused-ring (bicyclic) bond motifs is 1. The summed E-state index contributed by atoms with van der Waals surface area (Å²) in [6.07, 6.45) is 0.907. The monoisotopic (exact) mass is 315 g/mol. The molecule has 0 saturated heterocycles. The fourth-order valence-electron chi connectivity index (χ4n) is 1.72. The molecule has 0 saturated carbocycles. The maximum Gasteiger partial charge on any atom is 0.353 e. The van der Waals surface area contributed by atoms with Gasteiger partial charge >= 0.3 is 5.97 Å². The summed E-state index contributed by atoms with van der Waals surface area (Å²) < 4.78 is 0.799. The second-order valence-corrected chi connectivity index (χ2v) is 4.39. The molecule has 0 amide bonds. The van der Waals surface area contributed by atoms with E-state index in [0.29, 0.717) is 0 Å². The lowest BCUT2D eigenvalue weighted by Crippen LogP contribution is -1.98. The smallest absolute Gasteiger partial charge is 0.353 e. The Labute approximate surface area is 101 Å². The van der Waals surface area contributed by atoms with Crippen LogP contribution >= 0.6 is 22.6 Å². The van der Waals surface area contributed by atoms with E-state index in [1.54, 1.807) is 0 Å². The molecule has 1 heterocycles. The van der Waals surface area contributed by atoms with Gasteiger partial charge in [0, 0.05) is 10.9 Å². The standard InChI is InChI=1S/C11H10INO2/c1-2-6-4-3-5-7-8(6)9(12)10(13-7)11(14)15/h3-5,13H,2H2,1H3,(H,14,15). The molecule has 0 bridgehead atoms. The quantitative estimate of drug-likeness (QED) is 0.837. The lowest BCUT2D eigenvalue weighted by Gasteiger charge is -1.98. The van der Waals surface area contributed by atoms with Crippen LogP contribution in [0.25, 0.3) is 10.9 Å². The van der Waals surface area contributed by atoms with E-state index in [1.165, 1.54) is 5.56 Å². The van der Waals surface area contributed by atoms with Crippen molar-refractivity contribution in [2.24, 2.45) is 0 Å². The molecule has 0 atom stereocenters. The first kappa shape index (κ1) is 10.5. The molecule has 0 aliphatic rings. The van der Waals surface area contributed by atoms with Crippen molar-refractivity contribution < 1.29 is 9.90 Å². The molecule has 0 unspecified atom stereocenters. The van der Waals surface area contributed by atoms with Gasteiger partial charge in [0.25, 0.3) is 0 Å². The third-order valence-corrected chi connectivity index (χ3v) is 3.52. The number of H-pyrrole nitrogens is 1. The number of halogens is 1. The van der Waals surface area contributed by atoms with Crippen molar-refractivity contribution in [3.8, 4) is 0 Å². The van der Waals surface area contributed by atoms with Gasteiger partial charge in [0.2, 0.25) is 0 Å². The zero-order chi connectivity index (χ0) is 11.0. The van der Waals surface area contributed by atoms with Gasteiger partial charge in [-0.05, 0) is 40.6 Å². The normalized spacial score (nSPS) is 10.8. The van der Waals surface area contributed by atoms with Gasteiger partial charge < -0.3 is 10.1 Å². The molecule has 0 spiro atoms. The zero-order valence-corrected chi connectivity index (χ0v) is 10.3. The first-order valence-electron chi connectivity index (χ1n) is 4.67. The minimum atomic E-state index is -0.905. The van der Waals surface area contributed by atoms with E-state index < -0.39 is 5.97 Å². The molecule has 0 aliphatic heterocycles. The molecular weight excluding hydrogens is 305 g/mol. The van der Waals surface area contributed by atoms with Gasteiger partial charge in [-0.1, -0.05) is 19.1 Å². The van der Waals surface area contributed by atoms with Crippen LogP contribution in [0.4, 0.5) is 0 Å². The Hall–Kier alpha value is -1.04. The van der Waals surface area contributed by atoms with Crippen molar-refractivity contribution in [2.75, 3.05) is 0 Å². The van der Waals surface area contributed by atoms with Gasteiger partial charge in [0.05, 0.1) is 3.57 Å². The Morgan fingerprint density at radius 1 is 1.53 bits per heavy atom. The van der Waals surface area contributed by atoms with Gasteiger partial charge in [-0.2, -0.15) is 0 Å². The summed E-state index contributed by atoms with van der Waals surface area (Å²) in [6, 6.07) is 5.88. The van der Waals surface area contributed by atoms with Gasteiger partial charge in [-0.25, -0.2) is 4.79 Å². The highest BCUT2D eigenvalue weighted by Gasteiger charge is 2.16. The van der Waals surface area contributed by atoms with Crippen LogP contribution < -0.4 is 0 Å². The molecule has 2 N–H and O–H groups in total. The number of carbonyl (C=O) groups is 1. The van der Waals surface area contributed by atoms with Crippen molar-refractivity contribution in [1.29, 1.82) is 0 Å². The van der Waals surface area contributed by atoms with E-state index in [2.05, 4.69) is 34.5 Å². The molecule has 4 heteroatoms. The third kappa shape index (κ3) is 1.62. The molecule has 0 fully saturated rings. The number of carboxylic acid groups (broad SMARTS) is 1. The second-order valence-electron chi connectivity index (χ2n) is 3.31. The van der Waals surface area contributed by atoms with E-state index in [9.17, 15) is 4.79 Å². The Bertz CT molecular complexity index is 531. The van der Waals surface area contributed by atoms with Crippen molar-refractivity contribution in [2.45, 2.75) is 13.3 Å². The van der Waals surface area contributed by atoms with Crippen LogP contribution in [0.3, 0.4) is 0 Å². The summed E-state index contributed by atoms with van der Waals surface area (Å²) in [4.78, 5) is 13.9. The van der Waals surface area contributed by atoms with Crippen LogP contribution in [0.15, 0.2) is 18.2 Å². The number of nitrogens with one attached hydrogen (secondary N) is 1. The van der Waals surface area contributed by atoms with Gasteiger partial charge in [-0.3, -0.25) is 0 Å². The lowest BCUT2D eigenvalue weighted by atomic mass is 10.1. The molecule has 3 nitrogen and oxygen atoms in total. The predicted octanol–water partition coefficient (Wildman–Crippen LogP) is 3.03. The van der Waals surface area contributed by atoms with E-state index in [1.807, 2.05) is 18.2 Å². The van der Waals surface area contributed by atoms with Crippen molar-refractivity contribution >= 4 is 39.5 Å². The number of rotatable bonds is 2. The SMILES string of the molecule is CCc1cccc2[nH]c(C(=O)O)c(I)c12. The van der Waals surface area contributed by atoms with Gasteiger partial charge in [-0.15, -0.1) is 0 Å². The summed E-state index contributed by atoms with van der Waals surface area (Å²) in [7, 11) is 0. The summed E-state index contributed by atoms with van der Waals surface area (Å²) in [6.45, 7) is 2.07. The molecule has 0 aliphatic carbocycles. The second kappa shape index (κ2) is 3.84. The van der Waals surface area contributed by atoms with E-state index in [4.69, 9.17) is 5.11 Å². The minimum Gasteiger partial charge on any atom is -0.477 e. The fraction of sp³-hybridized carbons (Fsp3) is 0.182. The van der Waals surface area contributed by atoms with Crippen LogP contribution in [0.1, 0.15) is 23.0 Å². The third-order valence-electron chi connectivity index (χ3n) is 2.44. The summed E-state index contributed by atoms with van der Waals surface area (Å²) >= 11 is 2.09. The van der Waals surface area contributed by atoms with Crippen LogP contribution in [0.2, 0.25) is 0 Å². The predicted molar refractivity (Wildman–Crippen MR) is 67.4 cm³/mol. The average molecular weight is 315 g/mol. The molecule has 78 valence electrons. The zero-order valence-electron chi connectivity index (χ0n) is 8.17. The Balaban J connectivity index is 2.82. The van der Waals surface area contributed by atoms with Crippen molar-refractivity contribution in [3.05, 3.63) is 33.0 Å². The van der Waals surface area contributed by atoms with Crippen LogP contribution in [-0.4, -0.2) is 16.1 Å². The van der Waals surface area contributed by atoms with Gasteiger partial charge in [0.1, 0.15) is 5.69 Å². The topological polar surface area (TPSA) is 53.1 Å². The molecule has 1 aromatic heterocycles. The van der Waals surface area contributed by atoms with E-state index in [0.717, 1.165) is 20.9 Å². The number of carboxylic acids is 1. The molecule has 0 radical (unpaired) electrons. The Kier molecular flexibility index (Phi) is 2.68. The molecule has 15 heavy (non-hydrogen) atoms. The number of aryl methyl sites for hydroxylation is 1. The van der Waals surface area contributed by atoms with E-state index >= 15 is 0 Å². The molecule has 1 aromatic carbocycles. The molecular formula is C11H10INO2. The Morgan fingerprint density at radius 3 is 2.87 bits per heavy atom. The maximum absolute atomic E-state index is 11.0. The maximum atomic E-state index is 11.0. The minimum absolute atomic E-state index is 0.284. The summed E-state index contributed by atoms with van der Waals surface area (Å²) in [5.74, 6) is -0.905. The number of benzene rings is 1. The highest BCUT2D eigenvalue weighted by molar-refractivity contribution is 14.1. The van der Waals surface area contributed by atoms with Crippen LogP contribution in [0, 0.1) is 3.57 Å². The summed E-state index contributed by atoms with van der Waals surface area (Å²) in [5, 5.41) is 10.0.